The van der Waals surface area contributed by atoms with E-state index in [4.69, 9.17) is 19.2 Å². The highest BCUT2D eigenvalue weighted by Gasteiger charge is 2.15. The number of anilines is 1. The van der Waals surface area contributed by atoms with Gasteiger partial charge in [-0.2, -0.15) is 0 Å². The van der Waals surface area contributed by atoms with E-state index in [0.717, 1.165) is 33.1 Å². The number of benzene rings is 3. The smallest absolute Gasteiger partial charge is 0.131 e. The van der Waals surface area contributed by atoms with Gasteiger partial charge in [0.05, 0.1) is 43.6 Å². The van der Waals surface area contributed by atoms with Crippen LogP contribution >= 0.6 is 0 Å². The molecule has 0 bridgehead atoms. The summed E-state index contributed by atoms with van der Waals surface area (Å²) in [5.74, 6) is 2.12. The number of para-hydroxylation sites is 2. The van der Waals surface area contributed by atoms with E-state index < -0.39 is 0 Å². The fraction of sp³-hybridized carbons (Fsp3) is 0.174. The molecule has 0 aliphatic heterocycles. The van der Waals surface area contributed by atoms with E-state index in [1.807, 2.05) is 48.5 Å². The summed E-state index contributed by atoms with van der Waals surface area (Å²) in [7, 11) is 4.92. The Morgan fingerprint density at radius 2 is 1.29 bits per heavy atom. The van der Waals surface area contributed by atoms with Crippen LogP contribution in [0.5, 0.6) is 17.2 Å². The van der Waals surface area contributed by atoms with Crippen molar-refractivity contribution in [3.8, 4) is 17.2 Å². The Morgan fingerprint density at radius 1 is 0.750 bits per heavy atom. The van der Waals surface area contributed by atoms with E-state index in [-0.39, 0.29) is 0 Å². The van der Waals surface area contributed by atoms with Gasteiger partial charge in [0, 0.05) is 29.4 Å². The van der Waals surface area contributed by atoms with Crippen molar-refractivity contribution < 1.29 is 14.2 Å². The van der Waals surface area contributed by atoms with Gasteiger partial charge in [-0.1, -0.05) is 36.4 Å². The van der Waals surface area contributed by atoms with Crippen molar-refractivity contribution in [2.45, 2.75) is 6.54 Å². The van der Waals surface area contributed by atoms with Gasteiger partial charge in [0.1, 0.15) is 17.2 Å². The normalized spacial score (nSPS) is 10.8. The predicted molar refractivity (Wildman–Crippen MR) is 113 cm³/mol. The number of methoxy groups -OCH3 is 3. The first kappa shape index (κ1) is 17.9. The van der Waals surface area contributed by atoms with Gasteiger partial charge >= 0.3 is 0 Å². The van der Waals surface area contributed by atoms with Gasteiger partial charge in [0.15, 0.2) is 0 Å². The molecule has 0 saturated carbocycles. The number of nitrogens with zero attached hydrogens (tertiary/aromatic N) is 1. The van der Waals surface area contributed by atoms with Crippen molar-refractivity contribution in [2.24, 2.45) is 0 Å². The Morgan fingerprint density at radius 3 is 1.79 bits per heavy atom. The Bertz CT molecular complexity index is 1060. The summed E-state index contributed by atoms with van der Waals surface area (Å²) in [6.07, 6.45) is 0. The summed E-state index contributed by atoms with van der Waals surface area (Å²) in [5, 5.41) is 5.75. The van der Waals surface area contributed by atoms with Crippen LogP contribution in [0.25, 0.3) is 21.8 Å². The third-order valence-corrected chi connectivity index (χ3v) is 4.85. The van der Waals surface area contributed by atoms with Crippen LogP contribution < -0.4 is 19.5 Å². The first-order valence-electron chi connectivity index (χ1n) is 9.05. The highest BCUT2D eigenvalue weighted by molar-refractivity contribution is 6.07. The number of hydrogen-bond donors (Lipinski definition) is 1. The van der Waals surface area contributed by atoms with E-state index in [1.54, 1.807) is 21.3 Å². The maximum absolute atomic E-state index is 5.58. The Labute approximate surface area is 163 Å². The van der Waals surface area contributed by atoms with Gasteiger partial charge in [-0.15, -0.1) is 0 Å². The standard InChI is InChI=1S/C23H22N2O3/c1-26-15-12-21(27-2)18(22(13-15)28-3)14-24-23-16-8-4-6-10-19(16)25-20-11-7-5-9-17(20)23/h4-13H,14H2,1-3H3,(H,24,25). The minimum absolute atomic E-state index is 0.536. The summed E-state index contributed by atoms with van der Waals surface area (Å²) in [5.41, 5.74) is 3.88. The molecule has 0 spiro atoms. The van der Waals surface area contributed by atoms with E-state index in [2.05, 4.69) is 17.4 Å². The highest BCUT2D eigenvalue weighted by atomic mass is 16.5. The zero-order valence-corrected chi connectivity index (χ0v) is 16.2. The molecule has 1 N–H and O–H groups in total. The van der Waals surface area contributed by atoms with Crippen LogP contribution in [-0.2, 0) is 6.54 Å². The lowest BCUT2D eigenvalue weighted by Gasteiger charge is -2.18. The largest absolute Gasteiger partial charge is 0.496 e. The predicted octanol–water partition coefficient (Wildman–Crippen LogP) is 5.03. The summed E-state index contributed by atoms with van der Waals surface area (Å²) in [6.45, 7) is 0.536. The number of aromatic nitrogens is 1. The fourth-order valence-corrected chi connectivity index (χ4v) is 3.46. The zero-order valence-electron chi connectivity index (χ0n) is 16.2. The van der Waals surface area contributed by atoms with Crippen molar-refractivity contribution in [1.29, 1.82) is 0 Å². The molecule has 0 saturated heterocycles. The lowest BCUT2D eigenvalue weighted by atomic mass is 10.1. The van der Waals surface area contributed by atoms with E-state index in [0.29, 0.717) is 23.8 Å². The van der Waals surface area contributed by atoms with E-state index >= 15 is 0 Å². The second-order valence-corrected chi connectivity index (χ2v) is 6.39. The minimum atomic E-state index is 0.536. The average Bonchev–Trinajstić information content (AvgIpc) is 2.76. The number of nitrogens with one attached hydrogen (secondary N) is 1. The lowest BCUT2D eigenvalue weighted by molar-refractivity contribution is 0.369. The molecule has 0 atom stereocenters. The maximum Gasteiger partial charge on any atom is 0.131 e. The van der Waals surface area contributed by atoms with Crippen LogP contribution in [0.3, 0.4) is 0 Å². The SMILES string of the molecule is COc1cc(OC)c(CNc2c3ccccc3nc3ccccc23)c(OC)c1. The molecular weight excluding hydrogens is 352 g/mol. The molecule has 0 aliphatic rings. The third kappa shape index (κ3) is 3.16. The van der Waals surface area contributed by atoms with Crippen LogP contribution in [0.1, 0.15) is 5.56 Å². The summed E-state index contributed by atoms with van der Waals surface area (Å²) < 4.78 is 16.5. The molecule has 0 radical (unpaired) electrons. The van der Waals surface area contributed by atoms with Crippen LogP contribution in [0, 0.1) is 0 Å². The quantitative estimate of drug-likeness (QED) is 0.480. The number of fused-ring (bicyclic) bond motifs is 2. The molecule has 1 heterocycles. The fourth-order valence-electron chi connectivity index (χ4n) is 3.46. The molecule has 0 aliphatic carbocycles. The average molecular weight is 374 g/mol. The molecule has 5 nitrogen and oxygen atoms in total. The van der Waals surface area contributed by atoms with Crippen LogP contribution in [0.15, 0.2) is 60.7 Å². The van der Waals surface area contributed by atoms with Crippen LogP contribution in [-0.4, -0.2) is 26.3 Å². The molecule has 0 fully saturated rings. The molecular formula is C23H22N2O3. The topological polar surface area (TPSA) is 52.6 Å². The highest BCUT2D eigenvalue weighted by Crippen LogP contribution is 2.36. The molecule has 4 rings (SSSR count). The molecule has 142 valence electrons. The number of rotatable bonds is 6. The monoisotopic (exact) mass is 374 g/mol. The molecule has 0 unspecified atom stereocenters. The Kier molecular flexibility index (Phi) is 4.89. The van der Waals surface area contributed by atoms with Crippen molar-refractivity contribution in [2.75, 3.05) is 26.6 Å². The van der Waals surface area contributed by atoms with E-state index in [9.17, 15) is 0 Å². The number of pyridine rings is 1. The molecule has 28 heavy (non-hydrogen) atoms. The van der Waals surface area contributed by atoms with Crippen LogP contribution in [0.2, 0.25) is 0 Å². The zero-order chi connectivity index (χ0) is 19.5. The Hall–Kier alpha value is -3.47. The number of hydrogen-bond acceptors (Lipinski definition) is 5. The van der Waals surface area contributed by atoms with Gasteiger partial charge in [0.25, 0.3) is 0 Å². The Balaban J connectivity index is 1.81. The van der Waals surface area contributed by atoms with Crippen molar-refractivity contribution in [3.05, 3.63) is 66.2 Å². The lowest BCUT2D eigenvalue weighted by Crippen LogP contribution is -2.06. The molecule has 4 aromatic rings. The van der Waals surface area contributed by atoms with Crippen molar-refractivity contribution in [3.63, 3.8) is 0 Å². The van der Waals surface area contributed by atoms with Gasteiger partial charge < -0.3 is 19.5 Å². The molecule has 5 heteroatoms. The van der Waals surface area contributed by atoms with Gasteiger partial charge in [-0.3, -0.25) is 0 Å². The van der Waals surface area contributed by atoms with Crippen molar-refractivity contribution in [1.82, 2.24) is 4.98 Å². The van der Waals surface area contributed by atoms with Gasteiger partial charge in [-0.05, 0) is 12.1 Å². The summed E-state index contributed by atoms with van der Waals surface area (Å²) in [4.78, 5) is 4.78. The summed E-state index contributed by atoms with van der Waals surface area (Å²) in [6, 6.07) is 20.0. The third-order valence-electron chi connectivity index (χ3n) is 4.85. The summed E-state index contributed by atoms with van der Waals surface area (Å²) >= 11 is 0. The van der Waals surface area contributed by atoms with Gasteiger partial charge in [0.2, 0.25) is 0 Å². The maximum atomic E-state index is 5.58. The molecule has 1 aromatic heterocycles. The minimum Gasteiger partial charge on any atom is -0.496 e. The van der Waals surface area contributed by atoms with Gasteiger partial charge in [-0.25, -0.2) is 4.98 Å². The van der Waals surface area contributed by atoms with Crippen LogP contribution in [0.4, 0.5) is 5.69 Å². The number of ether oxygens (including phenoxy) is 3. The molecule has 3 aromatic carbocycles. The second kappa shape index (κ2) is 7.64. The second-order valence-electron chi connectivity index (χ2n) is 6.39. The first-order chi connectivity index (χ1) is 13.7. The van der Waals surface area contributed by atoms with Crippen molar-refractivity contribution >= 4 is 27.5 Å². The first-order valence-corrected chi connectivity index (χ1v) is 9.05. The molecule has 0 amide bonds. The van der Waals surface area contributed by atoms with E-state index in [1.165, 1.54) is 0 Å².